The summed E-state index contributed by atoms with van der Waals surface area (Å²) in [4.78, 5) is 24.3. The molecule has 8 heteroatoms. The van der Waals surface area contributed by atoms with Crippen molar-refractivity contribution in [3.63, 3.8) is 0 Å². The molecule has 2 aromatic rings. The second kappa shape index (κ2) is 7.02. The van der Waals surface area contributed by atoms with Crippen LogP contribution in [0.2, 0.25) is 10.0 Å². The Morgan fingerprint density at radius 2 is 1.85 bits per heavy atom. The largest absolute Gasteiger partial charge is 0.481 e. The Morgan fingerprint density at radius 1 is 1.15 bits per heavy atom. The predicted molar refractivity (Wildman–Crippen MR) is 102 cm³/mol. The first-order chi connectivity index (χ1) is 12.9. The zero-order valence-corrected chi connectivity index (χ0v) is 15.7. The number of aliphatic carboxylic acids is 1. The number of rotatable bonds is 5. The van der Waals surface area contributed by atoms with Crippen LogP contribution in [0.1, 0.15) is 12.0 Å². The highest BCUT2D eigenvalue weighted by Gasteiger charge is 2.51. The van der Waals surface area contributed by atoms with Gasteiger partial charge in [-0.15, -0.1) is 0 Å². The number of carboxylic acids is 1. The highest BCUT2D eigenvalue weighted by molar-refractivity contribution is 6.33. The summed E-state index contributed by atoms with van der Waals surface area (Å²) < 4.78 is 1.59. The van der Waals surface area contributed by atoms with Gasteiger partial charge in [0.25, 0.3) is 0 Å². The SMILES string of the molecule is O=C(Nc1nn(Cc2ccccc2Cl)cc1Cl)[C@@H]1[C@@H](C(=O)O)[C@H]2C=C[C@@H]1C2. The topological polar surface area (TPSA) is 84.2 Å². The molecule has 1 heterocycles. The van der Waals surface area contributed by atoms with E-state index < -0.39 is 17.8 Å². The summed E-state index contributed by atoms with van der Waals surface area (Å²) in [5.41, 5.74) is 0.875. The van der Waals surface area contributed by atoms with E-state index in [1.165, 1.54) is 0 Å². The molecule has 2 N–H and O–H groups in total. The monoisotopic (exact) mass is 405 g/mol. The number of carbonyl (C=O) groups excluding carboxylic acids is 1. The van der Waals surface area contributed by atoms with Crippen LogP contribution in [0.15, 0.2) is 42.6 Å². The van der Waals surface area contributed by atoms with Crippen LogP contribution in [-0.2, 0) is 16.1 Å². The lowest BCUT2D eigenvalue weighted by atomic mass is 9.82. The third-order valence-electron chi connectivity index (χ3n) is 5.30. The van der Waals surface area contributed by atoms with E-state index in [0.717, 1.165) is 5.56 Å². The number of allylic oxidation sites excluding steroid dienone is 2. The summed E-state index contributed by atoms with van der Waals surface area (Å²) in [5, 5.41) is 17.4. The number of aromatic nitrogens is 2. The van der Waals surface area contributed by atoms with Gasteiger partial charge in [-0.2, -0.15) is 5.10 Å². The Balaban J connectivity index is 1.51. The number of nitrogens with zero attached hydrogens (tertiary/aromatic N) is 2. The number of carboxylic acid groups (broad SMARTS) is 1. The predicted octanol–water partition coefficient (Wildman–Crippen LogP) is 3.70. The van der Waals surface area contributed by atoms with Gasteiger partial charge in [0, 0.05) is 11.2 Å². The van der Waals surface area contributed by atoms with E-state index in [2.05, 4.69) is 10.4 Å². The van der Waals surface area contributed by atoms with Crippen molar-refractivity contribution >= 4 is 40.9 Å². The van der Waals surface area contributed by atoms with Crippen molar-refractivity contribution < 1.29 is 14.7 Å². The summed E-state index contributed by atoms with van der Waals surface area (Å²) in [6.07, 6.45) is 6.14. The van der Waals surface area contributed by atoms with Crippen molar-refractivity contribution in [1.82, 2.24) is 9.78 Å². The number of halogens is 2. The van der Waals surface area contributed by atoms with Crippen LogP contribution >= 0.6 is 23.2 Å². The van der Waals surface area contributed by atoms with Gasteiger partial charge in [0.15, 0.2) is 5.82 Å². The van der Waals surface area contributed by atoms with E-state index in [0.29, 0.717) is 23.0 Å². The van der Waals surface area contributed by atoms with E-state index >= 15 is 0 Å². The Kier molecular flexibility index (Phi) is 4.70. The molecule has 0 aliphatic heterocycles. The van der Waals surface area contributed by atoms with Crippen molar-refractivity contribution in [2.45, 2.75) is 13.0 Å². The molecule has 1 aromatic carbocycles. The minimum Gasteiger partial charge on any atom is -0.481 e. The first-order valence-electron chi connectivity index (χ1n) is 8.62. The molecule has 0 spiro atoms. The van der Waals surface area contributed by atoms with Crippen LogP contribution in [0.5, 0.6) is 0 Å². The molecule has 1 fully saturated rings. The number of hydrogen-bond donors (Lipinski definition) is 2. The molecule has 4 rings (SSSR count). The van der Waals surface area contributed by atoms with Crippen molar-refractivity contribution in [2.75, 3.05) is 5.32 Å². The molecule has 2 aliphatic carbocycles. The molecule has 140 valence electrons. The Labute approximate surface area is 165 Å². The molecule has 2 bridgehead atoms. The normalized spacial score (nSPS) is 25.7. The highest BCUT2D eigenvalue weighted by atomic mass is 35.5. The van der Waals surface area contributed by atoms with Crippen LogP contribution < -0.4 is 5.32 Å². The van der Waals surface area contributed by atoms with Gasteiger partial charge in [-0.1, -0.05) is 53.6 Å². The second-order valence-corrected chi connectivity index (χ2v) is 7.76. The van der Waals surface area contributed by atoms with E-state index in [1.54, 1.807) is 16.9 Å². The summed E-state index contributed by atoms with van der Waals surface area (Å²) in [5.74, 6) is -2.53. The van der Waals surface area contributed by atoms with E-state index in [4.69, 9.17) is 23.2 Å². The lowest BCUT2D eigenvalue weighted by molar-refractivity contribution is -0.146. The van der Waals surface area contributed by atoms with Crippen LogP contribution in [0.4, 0.5) is 5.82 Å². The Hall–Kier alpha value is -2.31. The maximum Gasteiger partial charge on any atom is 0.307 e. The molecule has 0 unspecified atom stereocenters. The summed E-state index contributed by atoms with van der Waals surface area (Å²) >= 11 is 12.4. The summed E-state index contributed by atoms with van der Waals surface area (Å²) in [7, 11) is 0. The third kappa shape index (κ3) is 3.35. The van der Waals surface area contributed by atoms with Gasteiger partial charge in [0.05, 0.1) is 18.4 Å². The lowest BCUT2D eigenvalue weighted by Gasteiger charge is -2.23. The minimum absolute atomic E-state index is 0.0555. The Bertz CT molecular complexity index is 940. The number of fused-ring (bicyclic) bond motifs is 2. The number of anilines is 1. The van der Waals surface area contributed by atoms with Crippen molar-refractivity contribution in [2.24, 2.45) is 23.7 Å². The zero-order valence-electron chi connectivity index (χ0n) is 14.2. The number of nitrogens with one attached hydrogen (secondary N) is 1. The van der Waals surface area contributed by atoms with Gasteiger partial charge in [0.1, 0.15) is 5.02 Å². The molecule has 1 amide bonds. The first kappa shape index (κ1) is 18.1. The van der Waals surface area contributed by atoms with Gasteiger partial charge < -0.3 is 10.4 Å². The molecular weight excluding hydrogens is 389 g/mol. The fraction of sp³-hybridized carbons (Fsp3) is 0.316. The average Bonchev–Trinajstić information content (AvgIpc) is 3.32. The van der Waals surface area contributed by atoms with Gasteiger partial charge in [-0.05, 0) is 29.9 Å². The van der Waals surface area contributed by atoms with Crippen LogP contribution in [0, 0.1) is 23.7 Å². The zero-order chi connectivity index (χ0) is 19.1. The molecule has 2 aliphatic rings. The smallest absolute Gasteiger partial charge is 0.307 e. The van der Waals surface area contributed by atoms with Gasteiger partial charge in [-0.25, -0.2) is 0 Å². The quantitative estimate of drug-likeness (QED) is 0.742. The highest BCUT2D eigenvalue weighted by Crippen LogP contribution is 2.48. The van der Waals surface area contributed by atoms with E-state index in [-0.39, 0.29) is 23.6 Å². The minimum atomic E-state index is -0.942. The van der Waals surface area contributed by atoms with Crippen LogP contribution in [0.25, 0.3) is 0 Å². The summed E-state index contributed by atoms with van der Waals surface area (Å²) in [6.45, 7) is 0.407. The van der Waals surface area contributed by atoms with Crippen molar-refractivity contribution in [1.29, 1.82) is 0 Å². The molecule has 0 saturated heterocycles. The molecule has 27 heavy (non-hydrogen) atoms. The van der Waals surface area contributed by atoms with Crippen LogP contribution in [-0.4, -0.2) is 26.8 Å². The van der Waals surface area contributed by atoms with E-state index in [1.807, 2.05) is 30.4 Å². The maximum absolute atomic E-state index is 12.8. The summed E-state index contributed by atoms with van der Waals surface area (Å²) in [6, 6.07) is 7.40. The van der Waals surface area contributed by atoms with E-state index in [9.17, 15) is 14.7 Å². The molecular formula is C19H17Cl2N3O3. The third-order valence-corrected chi connectivity index (χ3v) is 5.94. The Morgan fingerprint density at radius 3 is 2.56 bits per heavy atom. The fourth-order valence-corrected chi connectivity index (χ4v) is 4.47. The second-order valence-electron chi connectivity index (χ2n) is 6.94. The molecule has 0 radical (unpaired) electrons. The number of hydrogen-bond acceptors (Lipinski definition) is 3. The molecule has 1 aromatic heterocycles. The molecule has 4 atom stereocenters. The van der Waals surface area contributed by atoms with Crippen molar-refractivity contribution in [3.8, 4) is 0 Å². The lowest BCUT2D eigenvalue weighted by Crippen LogP contribution is -2.36. The number of benzene rings is 1. The number of carbonyl (C=O) groups is 2. The fourth-order valence-electron chi connectivity index (χ4n) is 4.08. The van der Waals surface area contributed by atoms with Gasteiger partial charge in [-0.3, -0.25) is 14.3 Å². The molecule has 6 nitrogen and oxygen atoms in total. The van der Waals surface area contributed by atoms with Crippen LogP contribution in [0.3, 0.4) is 0 Å². The average molecular weight is 406 g/mol. The van der Waals surface area contributed by atoms with Gasteiger partial charge in [0.2, 0.25) is 5.91 Å². The van der Waals surface area contributed by atoms with Crippen molar-refractivity contribution in [3.05, 3.63) is 58.2 Å². The number of amides is 1. The standard InChI is InChI=1S/C19H17Cl2N3O3/c20-13-4-2-1-3-12(13)8-24-9-14(21)17(23-24)22-18(25)15-10-5-6-11(7-10)16(15)19(26)27/h1-6,9-11,15-16H,7-8H2,(H,26,27)(H,22,23,25)/t10-,11+,15+,16+/m1/s1. The molecule has 1 saturated carbocycles. The van der Waals surface area contributed by atoms with Gasteiger partial charge >= 0.3 is 5.97 Å². The maximum atomic E-state index is 12.8. The first-order valence-corrected chi connectivity index (χ1v) is 9.38.